The first-order valence-electron chi connectivity index (χ1n) is 8.51. The van der Waals surface area contributed by atoms with Crippen LogP contribution in [-0.2, 0) is 6.54 Å². The summed E-state index contributed by atoms with van der Waals surface area (Å²) in [5, 5.41) is 3.68. The van der Waals surface area contributed by atoms with E-state index >= 15 is 0 Å². The van der Waals surface area contributed by atoms with Gasteiger partial charge in [-0.2, -0.15) is 0 Å². The smallest absolute Gasteiger partial charge is 0.0594 e. The van der Waals surface area contributed by atoms with Gasteiger partial charge in [-0.3, -0.25) is 4.98 Å². The highest BCUT2D eigenvalue weighted by Gasteiger charge is 2.13. The van der Waals surface area contributed by atoms with Gasteiger partial charge < -0.3 is 5.32 Å². The Kier molecular flexibility index (Phi) is 5.39. The molecule has 122 valence electrons. The molecule has 0 radical (unpaired) electrons. The number of benzene rings is 2. The first-order valence-corrected chi connectivity index (χ1v) is 8.51. The Morgan fingerprint density at radius 2 is 1.50 bits per heavy atom. The molecule has 0 spiro atoms. The maximum absolute atomic E-state index is 4.28. The molecule has 1 aromatic heterocycles. The van der Waals surface area contributed by atoms with Gasteiger partial charge in [0.15, 0.2) is 0 Å². The molecule has 1 heterocycles. The lowest BCUT2D eigenvalue weighted by molar-refractivity contribution is 0.603. The molecule has 0 aliphatic heterocycles. The summed E-state index contributed by atoms with van der Waals surface area (Å²) in [7, 11) is 0. The molecule has 0 aliphatic carbocycles. The van der Waals surface area contributed by atoms with Crippen LogP contribution in [0.5, 0.6) is 0 Å². The number of rotatable bonds is 6. The fraction of sp³-hybridized carbons (Fsp3) is 0.227. The maximum Gasteiger partial charge on any atom is 0.0594 e. The minimum absolute atomic E-state index is 0.143. The Morgan fingerprint density at radius 3 is 2.12 bits per heavy atom. The van der Waals surface area contributed by atoms with E-state index in [1.165, 1.54) is 22.3 Å². The van der Waals surface area contributed by atoms with Crippen molar-refractivity contribution in [2.24, 2.45) is 0 Å². The van der Waals surface area contributed by atoms with E-state index in [0.717, 1.165) is 6.54 Å². The zero-order valence-electron chi connectivity index (χ0n) is 14.3. The normalized spacial score (nSPS) is 12.3. The molecule has 0 saturated carbocycles. The summed E-state index contributed by atoms with van der Waals surface area (Å²) < 4.78 is 0. The van der Waals surface area contributed by atoms with E-state index in [2.05, 4.69) is 84.8 Å². The predicted octanol–water partition coefficient (Wildman–Crippen LogP) is 5.08. The first kappa shape index (κ1) is 16.4. The van der Waals surface area contributed by atoms with Gasteiger partial charge in [0, 0.05) is 18.9 Å². The summed E-state index contributed by atoms with van der Waals surface area (Å²) in [5.41, 5.74) is 5.11. The lowest BCUT2D eigenvalue weighted by Gasteiger charge is -2.20. The van der Waals surface area contributed by atoms with Crippen LogP contribution < -0.4 is 5.32 Å². The molecule has 3 rings (SSSR count). The Morgan fingerprint density at radius 1 is 0.792 bits per heavy atom. The summed E-state index contributed by atoms with van der Waals surface area (Å²) in [6.07, 6.45) is 3.75. The average molecular weight is 316 g/mol. The van der Waals surface area contributed by atoms with Crippen molar-refractivity contribution >= 4 is 0 Å². The van der Waals surface area contributed by atoms with E-state index in [1.807, 2.05) is 18.5 Å². The van der Waals surface area contributed by atoms with Gasteiger partial charge in [-0.05, 0) is 34.2 Å². The number of pyridine rings is 1. The molecule has 24 heavy (non-hydrogen) atoms. The highest BCUT2D eigenvalue weighted by molar-refractivity contribution is 5.31. The molecule has 2 nitrogen and oxygen atoms in total. The molecule has 0 fully saturated rings. The third-order valence-corrected chi connectivity index (χ3v) is 4.31. The highest BCUT2D eigenvalue weighted by atomic mass is 14.9. The van der Waals surface area contributed by atoms with Crippen LogP contribution in [0.4, 0.5) is 0 Å². The fourth-order valence-electron chi connectivity index (χ4n) is 2.86. The largest absolute Gasteiger partial charge is 0.302 e. The molecule has 3 aromatic rings. The van der Waals surface area contributed by atoms with Crippen molar-refractivity contribution < 1.29 is 0 Å². The molecule has 2 heteroatoms. The van der Waals surface area contributed by atoms with Crippen LogP contribution in [0.2, 0.25) is 0 Å². The van der Waals surface area contributed by atoms with E-state index in [1.54, 1.807) is 0 Å². The van der Waals surface area contributed by atoms with Crippen LogP contribution in [0.1, 0.15) is 48.1 Å². The Labute approximate surface area is 144 Å². The second kappa shape index (κ2) is 7.89. The first-order chi connectivity index (χ1) is 11.7. The fourth-order valence-corrected chi connectivity index (χ4v) is 2.86. The van der Waals surface area contributed by atoms with Gasteiger partial charge in [0.1, 0.15) is 0 Å². The number of hydrogen-bond donors (Lipinski definition) is 1. The number of nitrogens with zero attached hydrogens (tertiary/aromatic N) is 1. The van der Waals surface area contributed by atoms with Crippen molar-refractivity contribution in [1.82, 2.24) is 10.3 Å². The van der Waals surface area contributed by atoms with Gasteiger partial charge >= 0.3 is 0 Å². The van der Waals surface area contributed by atoms with Gasteiger partial charge in [0.25, 0.3) is 0 Å². The number of hydrogen-bond acceptors (Lipinski definition) is 2. The van der Waals surface area contributed by atoms with Gasteiger partial charge in [-0.1, -0.05) is 74.5 Å². The third-order valence-electron chi connectivity index (χ3n) is 4.31. The van der Waals surface area contributed by atoms with Crippen molar-refractivity contribution in [2.45, 2.75) is 32.4 Å². The van der Waals surface area contributed by atoms with Crippen molar-refractivity contribution in [1.29, 1.82) is 0 Å². The standard InChI is InChI=1S/C22H24N2/c1-17(2)19-12-10-18(11-13-19)15-24-22(20-7-4-3-5-8-20)21-9-6-14-23-16-21/h3-14,16-17,22,24H,15H2,1-2H3/t22-/m1/s1. The van der Waals surface area contributed by atoms with Crippen LogP contribution in [0.3, 0.4) is 0 Å². The monoisotopic (exact) mass is 316 g/mol. The average Bonchev–Trinajstić information content (AvgIpc) is 2.64. The molecular weight excluding hydrogens is 292 g/mol. The molecule has 0 saturated heterocycles. The summed E-state index contributed by atoms with van der Waals surface area (Å²) in [4.78, 5) is 4.28. The quantitative estimate of drug-likeness (QED) is 0.685. The van der Waals surface area contributed by atoms with Crippen LogP contribution in [-0.4, -0.2) is 4.98 Å². The molecule has 0 amide bonds. The van der Waals surface area contributed by atoms with E-state index < -0.39 is 0 Å². The SMILES string of the molecule is CC(C)c1ccc(CN[C@H](c2ccccc2)c2cccnc2)cc1. The molecule has 0 unspecified atom stereocenters. The summed E-state index contributed by atoms with van der Waals surface area (Å²) in [5.74, 6) is 0.569. The van der Waals surface area contributed by atoms with Crippen LogP contribution in [0.15, 0.2) is 79.1 Å². The van der Waals surface area contributed by atoms with Crippen molar-refractivity contribution in [3.8, 4) is 0 Å². The van der Waals surface area contributed by atoms with Crippen molar-refractivity contribution in [3.63, 3.8) is 0 Å². The van der Waals surface area contributed by atoms with Crippen molar-refractivity contribution in [3.05, 3.63) is 101 Å². The van der Waals surface area contributed by atoms with Crippen LogP contribution >= 0.6 is 0 Å². The molecule has 1 atom stereocenters. The lowest BCUT2D eigenvalue weighted by Crippen LogP contribution is -2.22. The second-order valence-corrected chi connectivity index (χ2v) is 6.41. The number of aromatic nitrogens is 1. The zero-order valence-corrected chi connectivity index (χ0v) is 14.3. The Balaban J connectivity index is 1.77. The van der Waals surface area contributed by atoms with Gasteiger partial charge in [-0.15, -0.1) is 0 Å². The maximum atomic E-state index is 4.28. The highest BCUT2D eigenvalue weighted by Crippen LogP contribution is 2.22. The summed E-state index contributed by atoms with van der Waals surface area (Å²) >= 11 is 0. The van der Waals surface area contributed by atoms with E-state index in [0.29, 0.717) is 5.92 Å². The minimum atomic E-state index is 0.143. The van der Waals surface area contributed by atoms with Crippen LogP contribution in [0, 0.1) is 0 Å². The third kappa shape index (κ3) is 4.09. The second-order valence-electron chi connectivity index (χ2n) is 6.41. The Hall–Kier alpha value is -2.45. The lowest BCUT2D eigenvalue weighted by atomic mass is 9.99. The van der Waals surface area contributed by atoms with Gasteiger partial charge in [0.05, 0.1) is 6.04 Å². The molecule has 2 aromatic carbocycles. The number of nitrogens with one attached hydrogen (secondary N) is 1. The molecule has 0 bridgehead atoms. The topological polar surface area (TPSA) is 24.9 Å². The molecular formula is C22H24N2. The van der Waals surface area contributed by atoms with Gasteiger partial charge in [-0.25, -0.2) is 0 Å². The summed E-state index contributed by atoms with van der Waals surface area (Å²) in [6, 6.07) is 23.7. The zero-order chi connectivity index (χ0) is 16.8. The summed E-state index contributed by atoms with van der Waals surface area (Å²) in [6.45, 7) is 5.27. The van der Waals surface area contributed by atoms with E-state index in [-0.39, 0.29) is 6.04 Å². The predicted molar refractivity (Wildman–Crippen MR) is 99.9 cm³/mol. The molecule has 0 aliphatic rings. The molecule has 1 N–H and O–H groups in total. The van der Waals surface area contributed by atoms with E-state index in [4.69, 9.17) is 0 Å². The van der Waals surface area contributed by atoms with Crippen LogP contribution in [0.25, 0.3) is 0 Å². The van der Waals surface area contributed by atoms with Gasteiger partial charge in [0.2, 0.25) is 0 Å². The minimum Gasteiger partial charge on any atom is -0.302 e. The van der Waals surface area contributed by atoms with E-state index in [9.17, 15) is 0 Å². The Bertz CT molecular complexity index is 694. The van der Waals surface area contributed by atoms with Crippen molar-refractivity contribution in [2.75, 3.05) is 0 Å².